The van der Waals surface area contributed by atoms with E-state index in [1.54, 1.807) is 19.2 Å². The normalized spacial score (nSPS) is 13.3. The van der Waals surface area contributed by atoms with E-state index in [1.807, 2.05) is 0 Å². The molecule has 0 aliphatic carbocycles. The summed E-state index contributed by atoms with van der Waals surface area (Å²) in [6.45, 7) is 1.48. The zero-order valence-electron chi connectivity index (χ0n) is 8.45. The van der Waals surface area contributed by atoms with Crippen molar-refractivity contribution < 1.29 is 14.2 Å². The van der Waals surface area contributed by atoms with Crippen molar-refractivity contribution in [3.8, 4) is 17.6 Å². The summed E-state index contributed by atoms with van der Waals surface area (Å²) in [7, 11) is 1.60. The van der Waals surface area contributed by atoms with E-state index in [4.69, 9.17) is 19.5 Å². The zero-order valence-corrected chi connectivity index (χ0v) is 8.45. The molecule has 1 heterocycles. The van der Waals surface area contributed by atoms with E-state index in [0.29, 0.717) is 36.9 Å². The van der Waals surface area contributed by atoms with Gasteiger partial charge in [0, 0.05) is 13.2 Å². The summed E-state index contributed by atoms with van der Waals surface area (Å²) < 4.78 is 15.8. The quantitative estimate of drug-likeness (QED) is 0.733. The summed E-state index contributed by atoms with van der Waals surface area (Å²) >= 11 is 0. The van der Waals surface area contributed by atoms with E-state index in [0.717, 1.165) is 5.56 Å². The second-order valence-electron chi connectivity index (χ2n) is 3.20. The molecule has 1 aliphatic rings. The molecule has 0 aromatic heterocycles. The van der Waals surface area contributed by atoms with Gasteiger partial charge in [0.15, 0.2) is 11.5 Å². The first-order valence-corrected chi connectivity index (χ1v) is 4.66. The first-order chi connectivity index (χ1) is 7.35. The molecule has 1 aliphatic heterocycles. The number of rotatable bonds is 2. The van der Waals surface area contributed by atoms with Gasteiger partial charge in [-0.25, -0.2) is 0 Å². The number of hydrogen-bond acceptors (Lipinski definition) is 4. The number of methoxy groups -OCH3 is 1. The van der Waals surface area contributed by atoms with Crippen LogP contribution in [-0.2, 0) is 11.3 Å². The van der Waals surface area contributed by atoms with Gasteiger partial charge in [-0.15, -0.1) is 0 Å². The molecule has 2 rings (SSSR count). The number of nitriles is 1. The molecule has 0 radical (unpaired) electrons. The largest absolute Gasteiger partial charge is 0.486 e. The van der Waals surface area contributed by atoms with Crippen LogP contribution in [0.3, 0.4) is 0 Å². The van der Waals surface area contributed by atoms with Gasteiger partial charge in [-0.05, 0) is 11.6 Å². The number of benzene rings is 1. The average molecular weight is 205 g/mol. The SMILES string of the molecule is COCc1cc2c(cc1C#N)OCCO2. The Morgan fingerprint density at radius 1 is 1.33 bits per heavy atom. The van der Waals surface area contributed by atoms with Crippen LogP contribution in [0, 0.1) is 11.3 Å². The molecule has 0 spiro atoms. The smallest absolute Gasteiger partial charge is 0.162 e. The minimum atomic E-state index is 0.402. The van der Waals surface area contributed by atoms with Crippen LogP contribution in [0.1, 0.15) is 11.1 Å². The Kier molecular flexibility index (Phi) is 2.75. The molecule has 1 aromatic rings. The van der Waals surface area contributed by atoms with Crippen molar-refractivity contribution in [3.05, 3.63) is 23.3 Å². The van der Waals surface area contributed by atoms with Crippen LogP contribution in [0.15, 0.2) is 12.1 Å². The minimum Gasteiger partial charge on any atom is -0.486 e. The lowest BCUT2D eigenvalue weighted by Crippen LogP contribution is -2.16. The first-order valence-electron chi connectivity index (χ1n) is 4.66. The third kappa shape index (κ3) is 1.88. The predicted molar refractivity (Wildman–Crippen MR) is 52.9 cm³/mol. The molecule has 0 N–H and O–H groups in total. The fourth-order valence-corrected chi connectivity index (χ4v) is 1.51. The van der Waals surface area contributed by atoms with Gasteiger partial charge in [0.2, 0.25) is 0 Å². The minimum absolute atomic E-state index is 0.402. The molecule has 0 atom stereocenters. The van der Waals surface area contributed by atoms with Crippen LogP contribution in [0.4, 0.5) is 0 Å². The van der Waals surface area contributed by atoms with E-state index in [9.17, 15) is 0 Å². The van der Waals surface area contributed by atoms with Crippen LogP contribution >= 0.6 is 0 Å². The Morgan fingerprint density at radius 3 is 2.60 bits per heavy atom. The Hall–Kier alpha value is -1.73. The summed E-state index contributed by atoms with van der Waals surface area (Å²) in [5, 5.41) is 8.94. The standard InChI is InChI=1S/C11H11NO3/c1-13-7-9-5-11-10(4-8(9)6-12)14-2-3-15-11/h4-5H,2-3,7H2,1H3. The van der Waals surface area contributed by atoms with Crippen LogP contribution < -0.4 is 9.47 Å². The van der Waals surface area contributed by atoms with Crippen molar-refractivity contribution >= 4 is 0 Å². The van der Waals surface area contributed by atoms with Crippen LogP contribution in [0.2, 0.25) is 0 Å². The van der Waals surface area contributed by atoms with Crippen molar-refractivity contribution in [2.45, 2.75) is 6.61 Å². The van der Waals surface area contributed by atoms with Gasteiger partial charge in [0.05, 0.1) is 18.2 Å². The van der Waals surface area contributed by atoms with Gasteiger partial charge in [-0.2, -0.15) is 5.26 Å². The van der Waals surface area contributed by atoms with Gasteiger partial charge in [-0.3, -0.25) is 0 Å². The van der Waals surface area contributed by atoms with Crippen LogP contribution in [0.5, 0.6) is 11.5 Å². The molecular weight excluding hydrogens is 194 g/mol. The highest BCUT2D eigenvalue weighted by Crippen LogP contribution is 2.33. The molecule has 78 valence electrons. The lowest BCUT2D eigenvalue weighted by Gasteiger charge is -2.19. The van der Waals surface area contributed by atoms with Crippen LogP contribution in [0.25, 0.3) is 0 Å². The Balaban J connectivity index is 2.43. The van der Waals surface area contributed by atoms with Gasteiger partial charge < -0.3 is 14.2 Å². The first kappa shape index (κ1) is 9.81. The molecule has 0 amide bonds. The van der Waals surface area contributed by atoms with E-state index < -0.39 is 0 Å². The maximum atomic E-state index is 8.94. The second-order valence-corrected chi connectivity index (χ2v) is 3.20. The third-order valence-corrected chi connectivity index (χ3v) is 2.19. The summed E-state index contributed by atoms with van der Waals surface area (Å²) in [6, 6.07) is 5.61. The molecule has 4 heteroatoms. The highest BCUT2D eigenvalue weighted by atomic mass is 16.6. The molecule has 0 saturated carbocycles. The number of fused-ring (bicyclic) bond motifs is 1. The highest BCUT2D eigenvalue weighted by Gasteiger charge is 2.15. The Morgan fingerprint density at radius 2 is 2.00 bits per heavy atom. The highest BCUT2D eigenvalue weighted by molar-refractivity contribution is 5.52. The predicted octanol–water partition coefficient (Wildman–Crippen LogP) is 1.48. The van der Waals surface area contributed by atoms with Crippen molar-refractivity contribution in [1.29, 1.82) is 5.26 Å². The van der Waals surface area contributed by atoms with Gasteiger partial charge >= 0.3 is 0 Å². The van der Waals surface area contributed by atoms with E-state index in [2.05, 4.69) is 6.07 Å². The number of hydrogen-bond donors (Lipinski definition) is 0. The summed E-state index contributed by atoms with van der Waals surface area (Å²) in [4.78, 5) is 0. The fraction of sp³-hybridized carbons (Fsp3) is 0.364. The summed E-state index contributed by atoms with van der Waals surface area (Å²) in [5.74, 6) is 1.32. The summed E-state index contributed by atoms with van der Waals surface area (Å²) in [6.07, 6.45) is 0. The van der Waals surface area contributed by atoms with Crippen LogP contribution in [-0.4, -0.2) is 20.3 Å². The van der Waals surface area contributed by atoms with E-state index in [1.165, 1.54) is 0 Å². The van der Waals surface area contributed by atoms with Crippen molar-refractivity contribution in [2.24, 2.45) is 0 Å². The fourth-order valence-electron chi connectivity index (χ4n) is 1.51. The molecule has 0 fully saturated rings. The van der Waals surface area contributed by atoms with E-state index >= 15 is 0 Å². The monoisotopic (exact) mass is 205 g/mol. The molecule has 15 heavy (non-hydrogen) atoms. The number of nitrogens with zero attached hydrogens (tertiary/aromatic N) is 1. The van der Waals surface area contributed by atoms with Gasteiger partial charge in [0.1, 0.15) is 13.2 Å². The molecule has 0 bridgehead atoms. The zero-order chi connectivity index (χ0) is 10.7. The number of ether oxygens (including phenoxy) is 3. The van der Waals surface area contributed by atoms with Crippen molar-refractivity contribution in [2.75, 3.05) is 20.3 Å². The summed E-state index contributed by atoms with van der Waals surface area (Å²) in [5.41, 5.74) is 1.39. The topological polar surface area (TPSA) is 51.5 Å². The molecule has 4 nitrogen and oxygen atoms in total. The second kappa shape index (κ2) is 4.20. The maximum absolute atomic E-state index is 8.94. The van der Waals surface area contributed by atoms with Gasteiger partial charge in [-0.1, -0.05) is 0 Å². The molecular formula is C11H11NO3. The lowest BCUT2D eigenvalue weighted by molar-refractivity contribution is 0.167. The van der Waals surface area contributed by atoms with Crippen molar-refractivity contribution in [3.63, 3.8) is 0 Å². The molecule has 1 aromatic carbocycles. The maximum Gasteiger partial charge on any atom is 0.162 e. The van der Waals surface area contributed by atoms with Crippen molar-refractivity contribution in [1.82, 2.24) is 0 Å². The molecule has 0 unspecified atom stereocenters. The molecule has 0 saturated heterocycles. The average Bonchev–Trinajstić information content (AvgIpc) is 2.28. The Bertz CT molecular complexity index is 409. The van der Waals surface area contributed by atoms with Gasteiger partial charge in [0.25, 0.3) is 0 Å². The third-order valence-electron chi connectivity index (χ3n) is 2.19. The lowest BCUT2D eigenvalue weighted by atomic mass is 10.1. The Labute approximate surface area is 88.0 Å². The van der Waals surface area contributed by atoms with E-state index in [-0.39, 0.29) is 0 Å².